The van der Waals surface area contributed by atoms with Crippen LogP contribution in [0.4, 0.5) is 17.3 Å². The van der Waals surface area contributed by atoms with Crippen LogP contribution in [0.5, 0.6) is 5.75 Å². The first-order valence-corrected chi connectivity index (χ1v) is 4.73. The fourth-order valence-corrected chi connectivity index (χ4v) is 1.11. The van der Waals surface area contributed by atoms with E-state index in [1.165, 1.54) is 0 Å². The van der Waals surface area contributed by atoms with Crippen LogP contribution in [0.25, 0.3) is 0 Å². The van der Waals surface area contributed by atoms with Gasteiger partial charge in [0, 0.05) is 5.16 Å². The van der Waals surface area contributed by atoms with Crippen molar-refractivity contribution in [2.24, 2.45) is 10.2 Å². The predicted molar refractivity (Wildman–Crippen MR) is 58.1 cm³/mol. The van der Waals surface area contributed by atoms with Gasteiger partial charge in [0.05, 0.1) is 12.8 Å². The molecule has 1 aromatic heterocycles. The van der Waals surface area contributed by atoms with E-state index in [0.29, 0.717) is 11.4 Å². The minimum absolute atomic E-state index is 0.282. The highest BCUT2D eigenvalue weighted by molar-refractivity contribution is 5.44. The molecule has 18 heavy (non-hydrogen) atoms. The van der Waals surface area contributed by atoms with Crippen molar-refractivity contribution in [3.8, 4) is 5.75 Å². The lowest BCUT2D eigenvalue weighted by Gasteiger charge is -1.97. The second-order valence-electron chi connectivity index (χ2n) is 3.07. The third kappa shape index (κ3) is 2.45. The van der Waals surface area contributed by atoms with E-state index in [-0.39, 0.29) is 5.82 Å². The summed E-state index contributed by atoms with van der Waals surface area (Å²) in [4.78, 5) is 9.75. The maximum Gasteiger partial charge on any atom is 0.462 e. The zero-order chi connectivity index (χ0) is 13.0. The average Bonchev–Trinajstić information content (AvgIpc) is 2.85. The molecule has 1 heterocycles. The van der Waals surface area contributed by atoms with Gasteiger partial charge in [-0.1, -0.05) is 0 Å². The molecule has 0 bridgehead atoms. The predicted octanol–water partition coefficient (Wildman–Crippen LogP) is 2.40. The van der Waals surface area contributed by atoms with Crippen LogP contribution in [0.1, 0.15) is 0 Å². The maximum atomic E-state index is 10.5. The van der Waals surface area contributed by atoms with Crippen molar-refractivity contribution in [2.75, 3.05) is 7.11 Å². The van der Waals surface area contributed by atoms with E-state index >= 15 is 0 Å². The van der Waals surface area contributed by atoms with Gasteiger partial charge in [0.2, 0.25) is 0 Å². The molecule has 9 nitrogen and oxygen atoms in total. The highest BCUT2D eigenvalue weighted by Gasteiger charge is 2.21. The van der Waals surface area contributed by atoms with E-state index in [1.807, 2.05) is 0 Å². The molecule has 0 unspecified atom stereocenters. The van der Waals surface area contributed by atoms with E-state index in [0.717, 1.165) is 0 Å². The van der Waals surface area contributed by atoms with Crippen LogP contribution < -0.4 is 4.74 Å². The number of nitro groups is 1. The van der Waals surface area contributed by atoms with Crippen LogP contribution in [0.2, 0.25) is 0 Å². The van der Waals surface area contributed by atoms with Gasteiger partial charge in [-0.25, -0.2) is 0 Å². The van der Waals surface area contributed by atoms with Gasteiger partial charge in [-0.15, -0.1) is 14.9 Å². The number of hydrogen-bond donors (Lipinski definition) is 0. The molecule has 0 atom stereocenters. The largest absolute Gasteiger partial charge is 0.497 e. The molecule has 0 spiro atoms. The number of hydrogen-bond acceptors (Lipinski definition) is 8. The summed E-state index contributed by atoms with van der Waals surface area (Å²) in [5.41, 5.74) is 0.494. The first kappa shape index (κ1) is 11.6. The van der Waals surface area contributed by atoms with Crippen molar-refractivity contribution in [2.45, 2.75) is 0 Å². The molecule has 0 radical (unpaired) electrons. The minimum atomic E-state index is -0.751. The average molecular weight is 249 g/mol. The Hall–Kier alpha value is -2.84. The summed E-state index contributed by atoms with van der Waals surface area (Å²) in [6.45, 7) is 0. The second kappa shape index (κ2) is 4.99. The van der Waals surface area contributed by atoms with Crippen molar-refractivity contribution >= 4 is 17.3 Å². The van der Waals surface area contributed by atoms with Crippen LogP contribution in [0.15, 0.2) is 39.1 Å². The number of aromatic nitrogens is 2. The van der Waals surface area contributed by atoms with E-state index in [2.05, 4.69) is 25.2 Å². The molecule has 0 N–H and O–H groups in total. The molecule has 92 valence electrons. The summed E-state index contributed by atoms with van der Waals surface area (Å²) in [5.74, 6) is -0.189. The lowest BCUT2D eigenvalue weighted by molar-refractivity contribution is -0.390. The number of benzene rings is 1. The van der Waals surface area contributed by atoms with Crippen molar-refractivity contribution < 1.29 is 14.3 Å². The van der Waals surface area contributed by atoms with Gasteiger partial charge >= 0.3 is 11.6 Å². The molecule has 0 saturated heterocycles. The van der Waals surface area contributed by atoms with E-state index in [1.54, 1.807) is 31.4 Å². The molecule has 1 aromatic carbocycles. The summed E-state index contributed by atoms with van der Waals surface area (Å²) < 4.78 is 9.19. The molecule has 0 aliphatic carbocycles. The Labute approximate surface area is 100 Å². The third-order valence-electron chi connectivity index (χ3n) is 1.96. The Morgan fingerprint density at radius 1 is 1.28 bits per heavy atom. The zero-order valence-corrected chi connectivity index (χ0v) is 9.18. The van der Waals surface area contributed by atoms with Crippen molar-refractivity contribution in [1.82, 2.24) is 10.3 Å². The fraction of sp³-hybridized carbons (Fsp3) is 0.111. The number of ether oxygens (including phenoxy) is 1. The number of rotatable bonds is 4. The van der Waals surface area contributed by atoms with Crippen LogP contribution >= 0.6 is 0 Å². The SMILES string of the molecule is COc1ccc(N=Nc2nonc2[N+](=O)[O-])cc1. The van der Waals surface area contributed by atoms with Crippen LogP contribution in [-0.4, -0.2) is 22.3 Å². The highest BCUT2D eigenvalue weighted by Crippen LogP contribution is 2.25. The van der Waals surface area contributed by atoms with Gasteiger partial charge in [0.1, 0.15) is 5.75 Å². The Bertz CT molecular complexity index is 577. The van der Waals surface area contributed by atoms with Crippen molar-refractivity contribution in [3.05, 3.63) is 34.4 Å². The molecule has 0 aliphatic rings. The summed E-state index contributed by atoms with van der Waals surface area (Å²) >= 11 is 0. The number of nitrogens with zero attached hydrogens (tertiary/aromatic N) is 5. The van der Waals surface area contributed by atoms with Gasteiger partial charge in [-0.3, -0.25) is 0 Å². The summed E-state index contributed by atoms with van der Waals surface area (Å²) in [6, 6.07) is 6.65. The van der Waals surface area contributed by atoms with Crippen LogP contribution in [-0.2, 0) is 0 Å². The third-order valence-corrected chi connectivity index (χ3v) is 1.96. The lowest BCUT2D eigenvalue weighted by Crippen LogP contribution is -1.87. The molecule has 0 saturated carbocycles. The second-order valence-corrected chi connectivity index (χ2v) is 3.07. The van der Waals surface area contributed by atoms with Crippen LogP contribution in [0, 0.1) is 10.1 Å². The molecule has 0 amide bonds. The topological polar surface area (TPSA) is 116 Å². The highest BCUT2D eigenvalue weighted by atomic mass is 16.6. The first-order chi connectivity index (χ1) is 8.70. The monoisotopic (exact) mass is 249 g/mol. The van der Waals surface area contributed by atoms with Gasteiger partial charge in [0.25, 0.3) is 0 Å². The first-order valence-electron chi connectivity index (χ1n) is 4.73. The fourth-order valence-electron chi connectivity index (χ4n) is 1.11. The molecule has 2 aromatic rings. The molecular formula is C9H7N5O4. The van der Waals surface area contributed by atoms with E-state index in [9.17, 15) is 10.1 Å². The number of azo groups is 1. The maximum absolute atomic E-state index is 10.5. The summed E-state index contributed by atoms with van der Waals surface area (Å²) in [6.07, 6.45) is 0. The van der Waals surface area contributed by atoms with Gasteiger partial charge in [0.15, 0.2) is 5.16 Å². The molecular weight excluding hydrogens is 242 g/mol. The van der Waals surface area contributed by atoms with E-state index < -0.39 is 10.7 Å². The van der Waals surface area contributed by atoms with Gasteiger partial charge in [-0.2, -0.15) is 0 Å². The number of methoxy groups -OCH3 is 1. The Kier molecular flexibility index (Phi) is 3.23. The summed E-state index contributed by atoms with van der Waals surface area (Å²) in [7, 11) is 1.54. The normalized spacial score (nSPS) is 10.7. The molecule has 0 fully saturated rings. The summed E-state index contributed by atoms with van der Waals surface area (Å²) in [5, 5.41) is 24.2. The zero-order valence-electron chi connectivity index (χ0n) is 9.18. The molecule has 9 heteroatoms. The van der Waals surface area contributed by atoms with Crippen molar-refractivity contribution in [3.63, 3.8) is 0 Å². The van der Waals surface area contributed by atoms with Gasteiger partial charge in [-0.05, 0) is 29.2 Å². The molecule has 2 rings (SSSR count). The Morgan fingerprint density at radius 3 is 2.61 bits per heavy atom. The smallest absolute Gasteiger partial charge is 0.462 e. The minimum Gasteiger partial charge on any atom is -0.497 e. The molecule has 0 aliphatic heterocycles. The van der Waals surface area contributed by atoms with Crippen molar-refractivity contribution in [1.29, 1.82) is 0 Å². The Balaban J connectivity index is 2.19. The van der Waals surface area contributed by atoms with Crippen LogP contribution in [0.3, 0.4) is 0 Å². The quantitative estimate of drug-likeness (QED) is 0.466. The van der Waals surface area contributed by atoms with Gasteiger partial charge < -0.3 is 14.9 Å². The van der Waals surface area contributed by atoms with E-state index in [4.69, 9.17) is 4.74 Å². The Morgan fingerprint density at radius 2 is 2.00 bits per heavy atom. The lowest BCUT2D eigenvalue weighted by atomic mass is 10.3. The standard InChI is InChI=1S/C9H7N5O4/c1-17-7-4-2-6(3-5-7)10-11-8-9(14(15)16)13-18-12-8/h2-5H,1H3.